The molecule has 682 valence electrons. The summed E-state index contributed by atoms with van der Waals surface area (Å²) in [4.78, 5) is 66.4. The van der Waals surface area contributed by atoms with E-state index >= 15 is 0 Å². The van der Waals surface area contributed by atoms with Gasteiger partial charge in [-0.1, -0.05) is 342 Å². The molecule has 3 aliphatic rings. The quantitative estimate of drug-likeness (QED) is 0.00889. The average molecular weight is 1680 g/mol. The van der Waals surface area contributed by atoms with Crippen molar-refractivity contribution in [3.05, 3.63) is 12.2 Å². The minimum Gasteiger partial charge on any atom is -0.463 e. The van der Waals surface area contributed by atoms with Gasteiger partial charge in [-0.05, 0) is 51.4 Å². The molecule has 1 saturated carbocycles. The largest absolute Gasteiger partial charge is 0.472 e. The summed E-state index contributed by atoms with van der Waals surface area (Å²) in [6.45, 7) is 5.60. The van der Waals surface area contributed by atoms with E-state index in [1.165, 1.54) is 193 Å². The second-order valence-corrected chi connectivity index (χ2v) is 34.9. The predicted molar refractivity (Wildman–Crippen MR) is 449 cm³/mol. The van der Waals surface area contributed by atoms with E-state index in [0.717, 1.165) is 122 Å². The van der Waals surface area contributed by atoms with Gasteiger partial charge in [-0.25, -0.2) is 4.57 Å². The molecule has 0 radical (unpaired) electrons. The summed E-state index contributed by atoms with van der Waals surface area (Å²) in [5.74, 6) is -2.97. The summed E-state index contributed by atoms with van der Waals surface area (Å²) in [5.41, 5.74) is 0. The van der Waals surface area contributed by atoms with Gasteiger partial charge in [-0.3, -0.25) is 28.2 Å². The van der Waals surface area contributed by atoms with Crippen molar-refractivity contribution in [3.63, 3.8) is 0 Å². The van der Waals surface area contributed by atoms with Crippen molar-refractivity contribution in [2.45, 2.75) is 511 Å². The summed E-state index contributed by atoms with van der Waals surface area (Å²) in [5, 5.41) is 102. The maximum absolute atomic E-state index is 14.9. The highest BCUT2D eigenvalue weighted by Gasteiger charge is 2.60. The van der Waals surface area contributed by atoms with Crippen molar-refractivity contribution >= 4 is 31.7 Å². The topological polar surface area (TPSA) is 380 Å². The number of allylic oxidation sites excluding steroid dienone is 2. The summed E-state index contributed by atoms with van der Waals surface area (Å²) in [7, 11) is -5.80. The third-order valence-electron chi connectivity index (χ3n) is 23.0. The van der Waals surface area contributed by atoms with Crippen molar-refractivity contribution in [1.82, 2.24) is 0 Å². The minimum atomic E-state index is -5.80. The minimum absolute atomic E-state index is 0.0173. The number of ether oxygens (including phenoxy) is 8. The molecule has 18 atom stereocenters. The Bertz CT molecular complexity index is 2460. The van der Waals surface area contributed by atoms with Crippen LogP contribution in [0, 0.1) is 0 Å². The molecule has 2 saturated heterocycles. The van der Waals surface area contributed by atoms with Crippen LogP contribution in [0.5, 0.6) is 0 Å². The Labute approximate surface area is 699 Å². The maximum Gasteiger partial charge on any atom is 0.472 e. The third kappa shape index (κ3) is 49.5. The van der Waals surface area contributed by atoms with Crippen molar-refractivity contribution in [3.8, 4) is 0 Å². The lowest BCUT2D eigenvalue weighted by Crippen LogP contribution is -2.70. The molecule has 0 spiro atoms. The van der Waals surface area contributed by atoms with Crippen molar-refractivity contribution in [1.29, 1.82) is 0 Å². The third-order valence-corrected chi connectivity index (χ3v) is 24.0. The Morgan fingerprint density at radius 1 is 0.336 bits per heavy atom. The number of aliphatic hydroxyl groups is 9. The Balaban J connectivity index is 1.91. The normalized spacial score (nSPS) is 25.2. The van der Waals surface area contributed by atoms with Crippen LogP contribution in [0.25, 0.3) is 0 Å². The molecule has 25 nitrogen and oxygen atoms in total. The Morgan fingerprint density at radius 3 is 1.03 bits per heavy atom. The molecule has 2 heterocycles. The summed E-state index contributed by atoms with van der Waals surface area (Å²) in [6.07, 6.45) is 27.8. The average Bonchev–Trinajstić information content (AvgIpc) is 0.754. The SMILES string of the molecule is CCCCCCCC/C=C\CCCCCC(=O)OC1C(O)C(O)C(OC2OC(CO)C(O)C(O)C2O)C(OP(=O)(O)OCC(COC(=O)CCCCCCCCCCCCCCC)OC(=O)CCCCCCCCCCCCCCCCCC)C1OC1OC(COC(=O)CCCCCCCCCCCCCCCCC)C(O)C(O)C1O. The Hall–Kier alpha value is -2.79. The second kappa shape index (κ2) is 69.6. The van der Waals surface area contributed by atoms with Gasteiger partial charge in [0.05, 0.1) is 13.2 Å². The Kier molecular flexibility index (Phi) is 64.4. The zero-order chi connectivity index (χ0) is 84.7. The van der Waals surface area contributed by atoms with E-state index < -0.39 is 162 Å². The maximum atomic E-state index is 14.9. The van der Waals surface area contributed by atoms with Crippen molar-refractivity contribution < 1.29 is 122 Å². The first-order valence-electron chi connectivity index (χ1n) is 46.9. The zero-order valence-electron chi connectivity index (χ0n) is 72.6. The summed E-state index contributed by atoms with van der Waals surface area (Å²) < 4.78 is 73.4. The molecule has 0 aromatic rings. The molecule has 3 fully saturated rings. The first kappa shape index (κ1) is 107. The van der Waals surface area contributed by atoms with Crippen LogP contribution in [0.4, 0.5) is 0 Å². The van der Waals surface area contributed by atoms with Crippen LogP contribution < -0.4 is 0 Å². The highest BCUT2D eigenvalue weighted by Crippen LogP contribution is 2.49. The molecule has 1 aliphatic carbocycles. The van der Waals surface area contributed by atoms with Gasteiger partial charge in [0, 0.05) is 25.7 Å². The number of unbranched alkanes of at least 4 members (excludes halogenated alkanes) is 50. The lowest BCUT2D eigenvalue weighted by atomic mass is 9.84. The van der Waals surface area contributed by atoms with E-state index in [0.29, 0.717) is 32.1 Å². The fraction of sp³-hybridized carbons (Fsp3) is 0.933. The fourth-order valence-electron chi connectivity index (χ4n) is 15.5. The van der Waals surface area contributed by atoms with Crippen LogP contribution in [-0.2, 0) is 70.7 Å². The number of esters is 4. The number of hydrogen-bond acceptors (Lipinski definition) is 24. The number of carbonyl (C=O) groups is 4. The van der Waals surface area contributed by atoms with Crippen LogP contribution in [-0.4, -0.2) is 205 Å². The number of rotatable bonds is 76. The van der Waals surface area contributed by atoms with Crippen LogP contribution in [0.1, 0.15) is 407 Å². The molecule has 26 heteroatoms. The second-order valence-electron chi connectivity index (χ2n) is 33.5. The number of phosphoric ester groups is 1. The molecule has 0 aromatic carbocycles. The number of phosphoric acid groups is 1. The lowest BCUT2D eigenvalue weighted by molar-refractivity contribution is -0.360. The smallest absolute Gasteiger partial charge is 0.463 e. The summed E-state index contributed by atoms with van der Waals surface area (Å²) >= 11 is 0. The molecule has 2 aliphatic heterocycles. The van der Waals surface area contributed by atoms with Gasteiger partial charge >= 0.3 is 31.7 Å². The summed E-state index contributed by atoms with van der Waals surface area (Å²) in [6, 6.07) is 0. The van der Waals surface area contributed by atoms with E-state index in [1.807, 2.05) is 0 Å². The number of carbonyl (C=O) groups excluding carboxylic acids is 4. The highest BCUT2D eigenvalue weighted by molar-refractivity contribution is 7.47. The van der Waals surface area contributed by atoms with Crippen molar-refractivity contribution in [2.24, 2.45) is 0 Å². The van der Waals surface area contributed by atoms with Crippen LogP contribution >= 0.6 is 7.82 Å². The van der Waals surface area contributed by atoms with Crippen LogP contribution in [0.15, 0.2) is 12.2 Å². The highest BCUT2D eigenvalue weighted by atomic mass is 31.2. The van der Waals surface area contributed by atoms with E-state index in [-0.39, 0.29) is 32.1 Å². The molecular formula is C90H167O25P. The molecule has 18 unspecified atom stereocenters. The van der Waals surface area contributed by atoms with Gasteiger partial charge in [0.15, 0.2) is 24.8 Å². The van der Waals surface area contributed by atoms with E-state index in [1.54, 1.807) is 0 Å². The molecule has 0 amide bonds. The Morgan fingerprint density at radius 2 is 0.647 bits per heavy atom. The van der Waals surface area contributed by atoms with Gasteiger partial charge in [0.1, 0.15) is 92.6 Å². The van der Waals surface area contributed by atoms with Gasteiger partial charge in [-0.2, -0.15) is 0 Å². The fourth-order valence-corrected chi connectivity index (χ4v) is 16.5. The van der Waals surface area contributed by atoms with Gasteiger partial charge in [0.2, 0.25) is 0 Å². The predicted octanol–water partition coefficient (Wildman–Crippen LogP) is 17.2. The first-order chi connectivity index (χ1) is 56.2. The molecule has 116 heavy (non-hydrogen) atoms. The molecule has 0 bridgehead atoms. The van der Waals surface area contributed by atoms with Gasteiger partial charge < -0.3 is 88.7 Å². The van der Waals surface area contributed by atoms with Crippen LogP contribution in [0.3, 0.4) is 0 Å². The zero-order valence-corrected chi connectivity index (χ0v) is 73.5. The van der Waals surface area contributed by atoms with E-state index in [2.05, 4.69) is 39.8 Å². The molecule has 3 rings (SSSR count). The molecular weight excluding hydrogens is 1510 g/mol. The lowest BCUT2D eigenvalue weighted by Gasteiger charge is -2.50. The van der Waals surface area contributed by atoms with Crippen molar-refractivity contribution in [2.75, 3.05) is 26.4 Å². The monoisotopic (exact) mass is 1680 g/mol. The van der Waals surface area contributed by atoms with E-state index in [9.17, 15) is 74.6 Å². The first-order valence-corrected chi connectivity index (χ1v) is 48.4. The number of aliphatic hydroxyl groups excluding tert-OH is 9. The van der Waals surface area contributed by atoms with Crippen LogP contribution in [0.2, 0.25) is 0 Å². The van der Waals surface area contributed by atoms with Gasteiger partial charge in [-0.15, -0.1) is 0 Å². The number of hydrogen-bond donors (Lipinski definition) is 10. The van der Waals surface area contributed by atoms with E-state index in [4.69, 9.17) is 46.9 Å². The standard InChI is InChI=1S/C90H167O25P/c1-5-9-13-17-21-25-29-33-35-37-41-45-48-52-56-60-64-75(94)109-70(67-106-73(92)62-58-54-50-46-42-38-31-27-23-19-15-11-7-3)68-108-116(104,105)115-88-86(113-89-83(102)79(98)77(96)71(66-91)110-89)82(101)81(100)85(112-76(95)65-61-57-53-49-44-39-32-28-24-20-16-12-8-4)87(88)114-90-84(103)80(99)78(97)72(111-90)69-107-74(93)63-59-55-51-47-43-40-36-34-30-26-22-18-14-10-6-2/h39,44,70-72,77-91,96-103H,5-38,40-43,45-69H2,1-4H3,(H,104,105)/b44-39-. The van der Waals surface area contributed by atoms with Gasteiger partial charge in [0.25, 0.3) is 0 Å². The molecule has 10 N–H and O–H groups in total. The molecule has 0 aromatic heterocycles.